The van der Waals surface area contributed by atoms with E-state index in [4.69, 9.17) is 4.74 Å². The van der Waals surface area contributed by atoms with Gasteiger partial charge in [-0.25, -0.2) is 9.18 Å². The number of amides is 2. The van der Waals surface area contributed by atoms with Gasteiger partial charge in [0.25, 0.3) is 0 Å². The highest BCUT2D eigenvalue weighted by atomic mass is 19.1. The highest BCUT2D eigenvalue weighted by molar-refractivity contribution is 5.93. The molecule has 6 nitrogen and oxygen atoms in total. The molecule has 7 heteroatoms. The lowest BCUT2D eigenvalue weighted by Gasteiger charge is -2.37. The minimum atomic E-state index is -1.47. The van der Waals surface area contributed by atoms with Crippen molar-refractivity contribution < 1.29 is 18.7 Å². The molecule has 0 saturated carbocycles. The Morgan fingerprint density at radius 1 is 1.19 bits per heavy atom. The summed E-state index contributed by atoms with van der Waals surface area (Å²) in [6.07, 6.45) is 0.0605. The average Bonchev–Trinajstić information content (AvgIpc) is 2.52. The molecule has 2 aliphatic rings. The van der Waals surface area contributed by atoms with Crippen molar-refractivity contribution in [3.05, 3.63) is 29.8 Å². The molecule has 0 atom stereocenters. The normalized spacial score (nSPS) is 19.9. The second kappa shape index (κ2) is 7.46. The Kier molecular flexibility index (Phi) is 5.42. The van der Waals surface area contributed by atoms with E-state index in [1.54, 1.807) is 29.2 Å². The Morgan fingerprint density at radius 2 is 1.78 bits per heavy atom. The molecule has 0 aromatic heterocycles. The number of rotatable bonds is 3. The molecule has 0 unspecified atom stereocenters. The van der Waals surface area contributed by atoms with Crippen molar-refractivity contribution >= 4 is 17.7 Å². The second-order valence-electron chi connectivity index (χ2n) is 8.35. The second-order valence-corrected chi connectivity index (χ2v) is 8.35. The van der Waals surface area contributed by atoms with Gasteiger partial charge in [-0.2, -0.15) is 0 Å². The van der Waals surface area contributed by atoms with Gasteiger partial charge in [0.05, 0.1) is 5.92 Å². The molecule has 0 radical (unpaired) electrons. The molecule has 0 spiro atoms. The fraction of sp³-hybridized carbons (Fsp3) is 0.600. The number of carbonyl (C=O) groups is 2. The first kappa shape index (κ1) is 19.6. The van der Waals surface area contributed by atoms with E-state index in [0.29, 0.717) is 37.4 Å². The molecule has 1 aromatic rings. The number of halogens is 1. The first-order valence-corrected chi connectivity index (χ1v) is 9.45. The van der Waals surface area contributed by atoms with Crippen molar-refractivity contribution in [1.29, 1.82) is 0 Å². The van der Waals surface area contributed by atoms with Gasteiger partial charge < -0.3 is 20.3 Å². The van der Waals surface area contributed by atoms with Crippen LogP contribution in [-0.4, -0.2) is 48.7 Å². The summed E-state index contributed by atoms with van der Waals surface area (Å²) < 4.78 is 20.7. The van der Waals surface area contributed by atoms with Crippen molar-refractivity contribution in [3.63, 3.8) is 0 Å². The third-order valence-electron chi connectivity index (χ3n) is 5.03. The molecule has 0 aliphatic carbocycles. The Hall–Kier alpha value is -2.15. The van der Waals surface area contributed by atoms with Gasteiger partial charge in [0, 0.05) is 44.7 Å². The highest BCUT2D eigenvalue weighted by Gasteiger charge is 2.38. The summed E-state index contributed by atoms with van der Waals surface area (Å²) in [7, 11) is 0. The zero-order valence-electron chi connectivity index (χ0n) is 16.2. The largest absolute Gasteiger partial charge is 0.444 e. The van der Waals surface area contributed by atoms with Crippen LogP contribution < -0.4 is 10.6 Å². The zero-order chi connectivity index (χ0) is 19.7. The van der Waals surface area contributed by atoms with Gasteiger partial charge in [0.15, 0.2) is 0 Å². The molecule has 2 N–H and O–H groups in total. The molecule has 2 amide bonds. The number of likely N-dealkylation sites (tertiary alicyclic amines) is 1. The molecule has 27 heavy (non-hydrogen) atoms. The maximum Gasteiger partial charge on any atom is 0.410 e. The van der Waals surface area contributed by atoms with E-state index in [-0.39, 0.29) is 24.7 Å². The van der Waals surface area contributed by atoms with E-state index in [2.05, 4.69) is 10.6 Å². The lowest BCUT2D eigenvalue weighted by Crippen LogP contribution is -2.48. The predicted octanol–water partition coefficient (Wildman–Crippen LogP) is 3.04. The Balaban J connectivity index is 1.56. The maximum atomic E-state index is 15.4. The van der Waals surface area contributed by atoms with Crippen LogP contribution >= 0.6 is 0 Å². The summed E-state index contributed by atoms with van der Waals surface area (Å²) in [6.45, 7) is 7.48. The van der Waals surface area contributed by atoms with E-state index in [9.17, 15) is 9.59 Å². The van der Waals surface area contributed by atoms with Crippen molar-refractivity contribution in [1.82, 2.24) is 10.2 Å². The van der Waals surface area contributed by atoms with E-state index < -0.39 is 17.4 Å². The summed E-state index contributed by atoms with van der Waals surface area (Å²) in [5.41, 5.74) is -0.782. The number of nitrogens with zero attached hydrogens (tertiary/aromatic N) is 1. The quantitative estimate of drug-likeness (QED) is 0.849. The predicted molar refractivity (Wildman–Crippen MR) is 101 cm³/mol. The number of hydrogen-bond donors (Lipinski definition) is 2. The summed E-state index contributed by atoms with van der Waals surface area (Å²) in [5.74, 6) is -0.00323. The molecule has 0 bridgehead atoms. The number of piperidine rings is 1. The van der Waals surface area contributed by atoms with Crippen molar-refractivity contribution in [2.75, 3.05) is 31.5 Å². The van der Waals surface area contributed by atoms with Crippen molar-refractivity contribution in [2.24, 2.45) is 5.92 Å². The smallest absolute Gasteiger partial charge is 0.410 e. The van der Waals surface area contributed by atoms with Crippen LogP contribution in [0.2, 0.25) is 0 Å². The molecule has 2 aliphatic heterocycles. The van der Waals surface area contributed by atoms with Gasteiger partial charge in [-0.1, -0.05) is 12.1 Å². The SMILES string of the molecule is CC(C)(C)OC(=O)N1CCC(F)(c2ccc(NC(=O)C3CNC3)cc2)CC1. The summed E-state index contributed by atoms with van der Waals surface area (Å²) in [5, 5.41) is 5.92. The van der Waals surface area contributed by atoms with Crippen LogP contribution in [0.1, 0.15) is 39.2 Å². The number of benzene rings is 1. The van der Waals surface area contributed by atoms with Gasteiger partial charge in [-0.3, -0.25) is 4.79 Å². The number of ether oxygens (including phenoxy) is 1. The van der Waals surface area contributed by atoms with E-state index in [1.807, 2.05) is 20.8 Å². The molecule has 2 fully saturated rings. The van der Waals surface area contributed by atoms with Gasteiger partial charge in [-0.05, 0) is 38.5 Å². The van der Waals surface area contributed by atoms with Crippen molar-refractivity contribution in [2.45, 2.75) is 44.9 Å². The van der Waals surface area contributed by atoms with Crippen LogP contribution in [0.5, 0.6) is 0 Å². The lowest BCUT2D eigenvalue weighted by molar-refractivity contribution is -0.121. The fourth-order valence-corrected chi connectivity index (χ4v) is 3.23. The molecule has 2 saturated heterocycles. The average molecular weight is 377 g/mol. The summed E-state index contributed by atoms with van der Waals surface area (Å²) in [6, 6.07) is 6.91. The maximum absolute atomic E-state index is 15.4. The Morgan fingerprint density at radius 3 is 2.26 bits per heavy atom. The molecule has 1 aromatic carbocycles. The molecular formula is C20H28FN3O3. The lowest BCUT2D eigenvalue weighted by atomic mass is 9.86. The number of carbonyl (C=O) groups excluding carboxylic acids is 2. The van der Waals surface area contributed by atoms with Gasteiger partial charge in [-0.15, -0.1) is 0 Å². The topological polar surface area (TPSA) is 70.7 Å². The molecular weight excluding hydrogens is 349 g/mol. The van der Waals surface area contributed by atoms with Gasteiger partial charge in [0.2, 0.25) is 5.91 Å². The van der Waals surface area contributed by atoms with E-state index in [1.165, 1.54) is 0 Å². The zero-order valence-corrected chi connectivity index (χ0v) is 16.2. The van der Waals surface area contributed by atoms with E-state index in [0.717, 1.165) is 0 Å². The summed E-state index contributed by atoms with van der Waals surface area (Å²) in [4.78, 5) is 25.7. The Labute approximate surface area is 159 Å². The van der Waals surface area contributed by atoms with Crippen LogP contribution in [-0.2, 0) is 15.2 Å². The minimum absolute atomic E-state index is 0.00868. The third-order valence-corrected chi connectivity index (χ3v) is 5.03. The van der Waals surface area contributed by atoms with Gasteiger partial charge >= 0.3 is 6.09 Å². The monoisotopic (exact) mass is 377 g/mol. The first-order valence-electron chi connectivity index (χ1n) is 9.45. The van der Waals surface area contributed by atoms with Crippen molar-refractivity contribution in [3.8, 4) is 0 Å². The van der Waals surface area contributed by atoms with Crippen LogP contribution in [0.3, 0.4) is 0 Å². The first-order chi connectivity index (χ1) is 12.7. The minimum Gasteiger partial charge on any atom is -0.444 e. The third kappa shape index (κ3) is 4.77. The molecule has 148 valence electrons. The van der Waals surface area contributed by atoms with E-state index >= 15 is 4.39 Å². The highest BCUT2D eigenvalue weighted by Crippen LogP contribution is 2.37. The molecule has 2 heterocycles. The number of alkyl halides is 1. The summed E-state index contributed by atoms with van der Waals surface area (Å²) >= 11 is 0. The van der Waals surface area contributed by atoms with Crippen LogP contribution in [0, 0.1) is 5.92 Å². The number of hydrogen-bond acceptors (Lipinski definition) is 4. The number of anilines is 1. The standard InChI is InChI=1S/C20H28FN3O3/c1-19(2,3)27-18(26)24-10-8-20(21,9-11-24)15-4-6-16(7-5-15)23-17(25)14-12-22-13-14/h4-7,14,22H,8-13H2,1-3H3,(H,23,25). The number of nitrogens with one attached hydrogen (secondary N) is 2. The molecule has 3 rings (SSSR count). The van der Waals surface area contributed by atoms with Crippen LogP contribution in [0.4, 0.5) is 14.9 Å². The van der Waals surface area contributed by atoms with Crippen LogP contribution in [0.15, 0.2) is 24.3 Å². The Bertz CT molecular complexity index is 687. The fourth-order valence-electron chi connectivity index (χ4n) is 3.23. The van der Waals surface area contributed by atoms with Crippen LogP contribution in [0.25, 0.3) is 0 Å². The van der Waals surface area contributed by atoms with Gasteiger partial charge in [0.1, 0.15) is 11.3 Å².